The first-order chi connectivity index (χ1) is 9.74. The van der Waals surface area contributed by atoms with Crippen molar-refractivity contribution in [2.45, 2.75) is 58.4 Å². The van der Waals surface area contributed by atoms with Crippen molar-refractivity contribution in [2.75, 3.05) is 26.4 Å². The van der Waals surface area contributed by atoms with E-state index < -0.39 is 10.0 Å². The average molecular weight is 317 g/mol. The lowest BCUT2D eigenvalue weighted by atomic mass is 9.74. The summed E-state index contributed by atoms with van der Waals surface area (Å²) in [5, 5.41) is 3.53. The third-order valence-corrected chi connectivity index (χ3v) is 7.00. The molecule has 21 heavy (non-hydrogen) atoms. The van der Waals surface area contributed by atoms with E-state index in [9.17, 15) is 8.42 Å². The second-order valence-corrected chi connectivity index (χ2v) is 9.73. The largest absolute Gasteiger partial charge is 0.317 e. The van der Waals surface area contributed by atoms with Gasteiger partial charge in [-0.05, 0) is 56.4 Å². The second-order valence-electron chi connectivity index (χ2n) is 7.75. The standard InChI is InChI=1S/C16H32N2O2S/c1-16(2)9-5-8-14(16)15(17-3)11-13-7-6-10-18(12-13)21(4,19)20/h13-15,17H,5-12H2,1-4H3. The molecule has 0 aromatic carbocycles. The number of hydrogen-bond acceptors (Lipinski definition) is 3. The van der Waals surface area contributed by atoms with Crippen LogP contribution in [0.5, 0.6) is 0 Å². The summed E-state index contributed by atoms with van der Waals surface area (Å²) in [7, 11) is -0.965. The first kappa shape index (κ1) is 17.2. The van der Waals surface area contributed by atoms with Gasteiger partial charge in [0.15, 0.2) is 0 Å². The summed E-state index contributed by atoms with van der Waals surface area (Å²) in [4.78, 5) is 0. The fourth-order valence-electron chi connectivity index (χ4n) is 4.46. The number of hydrogen-bond donors (Lipinski definition) is 1. The Morgan fingerprint density at radius 2 is 2.00 bits per heavy atom. The van der Waals surface area contributed by atoms with Crippen molar-refractivity contribution >= 4 is 10.0 Å². The first-order valence-electron chi connectivity index (χ1n) is 8.36. The number of piperidine rings is 1. The fraction of sp³-hybridized carbons (Fsp3) is 1.00. The van der Waals surface area contributed by atoms with E-state index in [-0.39, 0.29) is 0 Å². The topological polar surface area (TPSA) is 49.4 Å². The summed E-state index contributed by atoms with van der Waals surface area (Å²) in [5.41, 5.74) is 0.416. The molecule has 3 atom stereocenters. The number of nitrogens with zero attached hydrogens (tertiary/aromatic N) is 1. The van der Waals surface area contributed by atoms with Crippen LogP contribution in [0.15, 0.2) is 0 Å². The van der Waals surface area contributed by atoms with Gasteiger partial charge >= 0.3 is 0 Å². The van der Waals surface area contributed by atoms with Gasteiger partial charge in [0.05, 0.1) is 6.26 Å². The second kappa shape index (κ2) is 6.55. The van der Waals surface area contributed by atoms with Crippen LogP contribution in [0.25, 0.3) is 0 Å². The minimum atomic E-state index is -3.03. The highest BCUT2D eigenvalue weighted by atomic mass is 32.2. The van der Waals surface area contributed by atoms with Crippen molar-refractivity contribution in [3.8, 4) is 0 Å². The van der Waals surface area contributed by atoms with E-state index in [0.29, 0.717) is 30.5 Å². The van der Waals surface area contributed by atoms with Gasteiger partial charge in [0, 0.05) is 19.1 Å². The number of rotatable bonds is 5. The Hall–Kier alpha value is -0.130. The van der Waals surface area contributed by atoms with Gasteiger partial charge < -0.3 is 5.32 Å². The Bertz CT molecular complexity index is 447. The quantitative estimate of drug-likeness (QED) is 0.847. The third-order valence-electron chi connectivity index (χ3n) is 5.73. The van der Waals surface area contributed by atoms with Gasteiger partial charge in [-0.3, -0.25) is 0 Å². The molecule has 1 aliphatic carbocycles. The predicted octanol–water partition coefficient (Wildman–Crippen LogP) is 2.46. The highest BCUT2D eigenvalue weighted by Gasteiger charge is 2.40. The fourth-order valence-corrected chi connectivity index (χ4v) is 5.40. The van der Waals surface area contributed by atoms with Crippen LogP contribution in [-0.4, -0.2) is 45.2 Å². The summed E-state index contributed by atoms with van der Waals surface area (Å²) < 4.78 is 25.2. The molecule has 0 aromatic heterocycles. The average Bonchev–Trinajstić information content (AvgIpc) is 2.75. The minimum Gasteiger partial charge on any atom is -0.317 e. The van der Waals surface area contributed by atoms with Gasteiger partial charge in [0.1, 0.15) is 0 Å². The van der Waals surface area contributed by atoms with Crippen molar-refractivity contribution in [2.24, 2.45) is 17.3 Å². The zero-order valence-electron chi connectivity index (χ0n) is 14.1. The molecule has 2 aliphatic rings. The molecule has 0 amide bonds. The van der Waals surface area contributed by atoms with Crippen LogP contribution in [0, 0.1) is 17.3 Å². The van der Waals surface area contributed by atoms with Crippen molar-refractivity contribution in [3.05, 3.63) is 0 Å². The molecule has 0 bridgehead atoms. The maximum absolute atomic E-state index is 11.8. The van der Waals surface area contributed by atoms with E-state index in [1.165, 1.54) is 25.5 Å². The van der Waals surface area contributed by atoms with Gasteiger partial charge in [0.25, 0.3) is 0 Å². The van der Waals surface area contributed by atoms with Crippen LogP contribution in [0.2, 0.25) is 0 Å². The zero-order valence-corrected chi connectivity index (χ0v) is 14.9. The van der Waals surface area contributed by atoms with E-state index in [0.717, 1.165) is 25.2 Å². The van der Waals surface area contributed by atoms with E-state index in [4.69, 9.17) is 0 Å². The molecule has 1 heterocycles. The molecule has 3 unspecified atom stereocenters. The van der Waals surface area contributed by atoms with Crippen LogP contribution in [-0.2, 0) is 10.0 Å². The van der Waals surface area contributed by atoms with E-state index in [1.807, 2.05) is 0 Å². The normalized spacial score (nSPS) is 32.2. The van der Waals surface area contributed by atoms with Crippen LogP contribution < -0.4 is 5.32 Å². The van der Waals surface area contributed by atoms with Gasteiger partial charge in [0.2, 0.25) is 10.0 Å². The SMILES string of the molecule is CNC(CC1CCCN(S(C)(=O)=O)C1)C1CCCC1(C)C. The molecular weight excluding hydrogens is 284 g/mol. The number of nitrogens with one attached hydrogen (secondary N) is 1. The Morgan fingerprint density at radius 1 is 1.29 bits per heavy atom. The van der Waals surface area contributed by atoms with Gasteiger partial charge in [-0.25, -0.2) is 12.7 Å². The maximum atomic E-state index is 11.8. The van der Waals surface area contributed by atoms with E-state index in [1.54, 1.807) is 4.31 Å². The van der Waals surface area contributed by atoms with Crippen molar-refractivity contribution in [1.82, 2.24) is 9.62 Å². The molecule has 1 saturated carbocycles. The van der Waals surface area contributed by atoms with Crippen LogP contribution in [0.3, 0.4) is 0 Å². The molecule has 1 saturated heterocycles. The Labute approximate surface area is 130 Å². The maximum Gasteiger partial charge on any atom is 0.211 e. The number of sulfonamides is 1. The molecular formula is C16H32N2O2S. The van der Waals surface area contributed by atoms with Crippen molar-refractivity contribution in [3.63, 3.8) is 0 Å². The lowest BCUT2D eigenvalue weighted by molar-refractivity contribution is 0.160. The monoisotopic (exact) mass is 316 g/mol. The Balaban J connectivity index is 1.99. The molecule has 0 aromatic rings. The summed E-state index contributed by atoms with van der Waals surface area (Å²) in [6.45, 7) is 6.19. The highest BCUT2D eigenvalue weighted by Crippen LogP contribution is 2.45. The molecule has 4 nitrogen and oxygen atoms in total. The predicted molar refractivity (Wildman–Crippen MR) is 87.7 cm³/mol. The Morgan fingerprint density at radius 3 is 2.52 bits per heavy atom. The van der Waals surface area contributed by atoms with Gasteiger partial charge in [-0.2, -0.15) is 0 Å². The zero-order chi connectivity index (χ0) is 15.7. The van der Waals surface area contributed by atoms with Gasteiger partial charge in [-0.15, -0.1) is 0 Å². The smallest absolute Gasteiger partial charge is 0.211 e. The summed E-state index contributed by atoms with van der Waals surface area (Å²) in [5.74, 6) is 1.22. The lowest BCUT2D eigenvalue weighted by Crippen LogP contribution is -2.44. The van der Waals surface area contributed by atoms with Crippen molar-refractivity contribution in [1.29, 1.82) is 0 Å². The minimum absolute atomic E-state index is 0.416. The molecule has 1 aliphatic heterocycles. The first-order valence-corrected chi connectivity index (χ1v) is 10.2. The highest BCUT2D eigenvalue weighted by molar-refractivity contribution is 7.88. The summed E-state index contributed by atoms with van der Waals surface area (Å²) in [6.07, 6.45) is 8.56. The molecule has 5 heteroatoms. The lowest BCUT2D eigenvalue weighted by Gasteiger charge is -2.38. The van der Waals surface area contributed by atoms with Gasteiger partial charge in [-0.1, -0.05) is 20.3 Å². The molecule has 1 N–H and O–H groups in total. The van der Waals surface area contributed by atoms with E-state index in [2.05, 4.69) is 26.2 Å². The van der Waals surface area contributed by atoms with Crippen LogP contribution in [0.1, 0.15) is 52.4 Å². The van der Waals surface area contributed by atoms with Crippen molar-refractivity contribution < 1.29 is 8.42 Å². The molecule has 2 rings (SSSR count). The molecule has 0 spiro atoms. The third kappa shape index (κ3) is 4.20. The molecule has 0 radical (unpaired) electrons. The van der Waals surface area contributed by atoms with E-state index >= 15 is 0 Å². The summed E-state index contributed by atoms with van der Waals surface area (Å²) in [6, 6.07) is 0.520. The molecule has 2 fully saturated rings. The summed E-state index contributed by atoms with van der Waals surface area (Å²) >= 11 is 0. The Kier molecular flexibility index (Phi) is 5.37. The molecule has 124 valence electrons. The van der Waals surface area contributed by atoms with Crippen LogP contribution in [0.4, 0.5) is 0 Å². The van der Waals surface area contributed by atoms with Crippen LogP contribution >= 0.6 is 0 Å².